The number of piperidine rings is 1. The number of aryl methyl sites for hydroxylation is 1. The number of pyridine rings is 1. The molecule has 9 nitrogen and oxygen atoms in total. The summed E-state index contributed by atoms with van der Waals surface area (Å²) in [6.07, 6.45) is 8.79. The zero-order valence-corrected chi connectivity index (χ0v) is 18.3. The van der Waals surface area contributed by atoms with E-state index in [0.29, 0.717) is 5.91 Å². The number of carbonyl (C=O) groups excluding carboxylic acids is 1. The van der Waals surface area contributed by atoms with E-state index in [1.165, 1.54) is 0 Å². The molecule has 5 rings (SSSR count). The fourth-order valence-corrected chi connectivity index (χ4v) is 4.57. The van der Waals surface area contributed by atoms with Crippen molar-refractivity contribution in [1.29, 1.82) is 0 Å². The van der Waals surface area contributed by atoms with Crippen LogP contribution in [0.5, 0.6) is 0 Å². The number of anilines is 2. The van der Waals surface area contributed by atoms with Crippen LogP contribution in [0.3, 0.4) is 0 Å². The summed E-state index contributed by atoms with van der Waals surface area (Å²) in [5.74, 6) is 3.98. The summed E-state index contributed by atoms with van der Waals surface area (Å²) in [7, 11) is 0. The highest BCUT2D eigenvalue weighted by Crippen LogP contribution is 2.25. The molecule has 2 aliphatic rings. The smallest absolute Gasteiger partial charge is 0.225 e. The summed E-state index contributed by atoms with van der Waals surface area (Å²) in [6, 6.07) is 7.95. The minimum absolute atomic E-state index is 0.0878. The second-order valence-corrected chi connectivity index (χ2v) is 8.34. The third-order valence-electron chi connectivity index (χ3n) is 6.44. The third kappa shape index (κ3) is 4.15. The molecule has 2 fully saturated rings. The van der Waals surface area contributed by atoms with Crippen LogP contribution in [0.4, 0.5) is 11.6 Å². The predicted octanol–water partition coefficient (Wildman–Crippen LogP) is 1.93. The molecule has 9 heteroatoms. The van der Waals surface area contributed by atoms with Gasteiger partial charge in [-0.25, -0.2) is 19.9 Å². The third-order valence-corrected chi connectivity index (χ3v) is 6.44. The molecule has 2 saturated heterocycles. The summed E-state index contributed by atoms with van der Waals surface area (Å²) in [5, 5.41) is 0. The van der Waals surface area contributed by atoms with E-state index >= 15 is 0 Å². The number of rotatable bonds is 4. The van der Waals surface area contributed by atoms with Gasteiger partial charge in [0.2, 0.25) is 5.91 Å². The van der Waals surface area contributed by atoms with Crippen LogP contribution in [0.25, 0.3) is 5.82 Å². The molecule has 0 aromatic carbocycles. The van der Waals surface area contributed by atoms with Gasteiger partial charge in [0.25, 0.3) is 0 Å². The Hall–Kier alpha value is -3.49. The normalized spacial score (nSPS) is 17.6. The maximum absolute atomic E-state index is 13.1. The van der Waals surface area contributed by atoms with Crippen molar-refractivity contribution < 1.29 is 4.79 Å². The van der Waals surface area contributed by atoms with Gasteiger partial charge < -0.3 is 14.7 Å². The lowest BCUT2D eigenvalue weighted by atomic mass is 9.95. The Morgan fingerprint density at radius 3 is 2.28 bits per heavy atom. The molecule has 0 atom stereocenters. The standard InChI is InChI=1S/C23H28N8O/c1-18-24-8-11-31(18)22-16-21(26-17-27-22)28-9-5-19(6-10-28)23(32)30-14-12-29(13-15-30)20-4-2-3-7-25-20/h2-4,7-8,11,16-17,19H,5-6,9-10,12-15H2,1H3. The first-order valence-corrected chi connectivity index (χ1v) is 11.2. The predicted molar refractivity (Wildman–Crippen MR) is 122 cm³/mol. The van der Waals surface area contributed by atoms with Crippen LogP contribution in [0.15, 0.2) is 49.2 Å². The lowest BCUT2D eigenvalue weighted by Crippen LogP contribution is -2.52. The molecule has 3 aromatic heterocycles. The average Bonchev–Trinajstić information content (AvgIpc) is 3.30. The topological polar surface area (TPSA) is 83.3 Å². The molecule has 166 valence electrons. The van der Waals surface area contributed by atoms with E-state index in [9.17, 15) is 4.79 Å². The molecule has 0 radical (unpaired) electrons. The van der Waals surface area contributed by atoms with Gasteiger partial charge in [-0.2, -0.15) is 0 Å². The largest absolute Gasteiger partial charge is 0.356 e. The number of aromatic nitrogens is 5. The molecule has 0 saturated carbocycles. The molecule has 32 heavy (non-hydrogen) atoms. The number of amides is 1. The number of nitrogens with zero attached hydrogens (tertiary/aromatic N) is 8. The first-order valence-electron chi connectivity index (χ1n) is 11.2. The molecule has 0 unspecified atom stereocenters. The lowest BCUT2D eigenvalue weighted by Gasteiger charge is -2.39. The minimum Gasteiger partial charge on any atom is -0.356 e. The number of imidazole rings is 1. The molecule has 0 bridgehead atoms. The van der Waals surface area contributed by atoms with E-state index < -0.39 is 0 Å². The van der Waals surface area contributed by atoms with E-state index in [1.54, 1.807) is 12.5 Å². The van der Waals surface area contributed by atoms with Gasteiger partial charge in [0.1, 0.15) is 29.6 Å². The van der Waals surface area contributed by atoms with E-state index in [0.717, 1.165) is 75.4 Å². The van der Waals surface area contributed by atoms with Crippen molar-refractivity contribution in [1.82, 2.24) is 29.4 Å². The van der Waals surface area contributed by atoms with Gasteiger partial charge in [-0.1, -0.05) is 6.07 Å². The molecule has 2 aliphatic heterocycles. The van der Waals surface area contributed by atoms with Crippen LogP contribution >= 0.6 is 0 Å². The Labute approximate surface area is 187 Å². The maximum atomic E-state index is 13.1. The lowest BCUT2D eigenvalue weighted by molar-refractivity contribution is -0.136. The Morgan fingerprint density at radius 1 is 0.844 bits per heavy atom. The Kier molecular flexibility index (Phi) is 5.70. The first-order chi connectivity index (χ1) is 15.7. The Morgan fingerprint density at radius 2 is 1.59 bits per heavy atom. The molecule has 5 heterocycles. The van der Waals surface area contributed by atoms with E-state index in [-0.39, 0.29) is 5.92 Å². The average molecular weight is 433 g/mol. The molecular formula is C23H28N8O. The zero-order chi connectivity index (χ0) is 21.9. The fourth-order valence-electron chi connectivity index (χ4n) is 4.57. The molecular weight excluding hydrogens is 404 g/mol. The van der Waals surface area contributed by atoms with Crippen molar-refractivity contribution in [3.8, 4) is 5.82 Å². The van der Waals surface area contributed by atoms with Crippen LogP contribution < -0.4 is 9.80 Å². The van der Waals surface area contributed by atoms with Crippen molar-refractivity contribution in [3.63, 3.8) is 0 Å². The van der Waals surface area contributed by atoms with Gasteiger partial charge >= 0.3 is 0 Å². The number of hydrogen-bond donors (Lipinski definition) is 0. The second-order valence-electron chi connectivity index (χ2n) is 8.34. The first kappa shape index (κ1) is 20.4. The highest BCUT2D eigenvalue weighted by Gasteiger charge is 2.31. The molecule has 1 amide bonds. The quantitative estimate of drug-likeness (QED) is 0.623. The van der Waals surface area contributed by atoms with Crippen LogP contribution in [0.2, 0.25) is 0 Å². The highest BCUT2D eigenvalue weighted by atomic mass is 16.2. The van der Waals surface area contributed by atoms with E-state index in [4.69, 9.17) is 0 Å². The number of hydrogen-bond acceptors (Lipinski definition) is 7. The molecule has 0 N–H and O–H groups in total. The van der Waals surface area contributed by atoms with Gasteiger partial charge in [-0.3, -0.25) is 9.36 Å². The van der Waals surface area contributed by atoms with Crippen molar-refractivity contribution in [2.24, 2.45) is 5.92 Å². The monoisotopic (exact) mass is 432 g/mol. The van der Waals surface area contributed by atoms with Gasteiger partial charge in [0.15, 0.2) is 0 Å². The summed E-state index contributed by atoms with van der Waals surface area (Å²) in [5.41, 5.74) is 0. The Bertz CT molecular complexity index is 1050. The number of carbonyl (C=O) groups is 1. The fraction of sp³-hybridized carbons (Fsp3) is 0.435. The Balaban J connectivity index is 1.16. The van der Waals surface area contributed by atoms with Crippen molar-refractivity contribution in [2.75, 3.05) is 49.1 Å². The van der Waals surface area contributed by atoms with Gasteiger partial charge in [0, 0.05) is 69.8 Å². The molecule has 0 spiro atoms. The van der Waals surface area contributed by atoms with Gasteiger partial charge in [0.05, 0.1) is 0 Å². The van der Waals surface area contributed by atoms with Crippen LogP contribution in [-0.4, -0.2) is 74.6 Å². The van der Waals surface area contributed by atoms with E-state index in [1.807, 2.05) is 53.0 Å². The van der Waals surface area contributed by atoms with Crippen LogP contribution in [0.1, 0.15) is 18.7 Å². The second kappa shape index (κ2) is 8.94. The summed E-state index contributed by atoms with van der Waals surface area (Å²) >= 11 is 0. The van der Waals surface area contributed by atoms with Crippen molar-refractivity contribution in [2.45, 2.75) is 19.8 Å². The van der Waals surface area contributed by atoms with Gasteiger partial charge in [-0.05, 0) is 31.9 Å². The highest BCUT2D eigenvalue weighted by molar-refractivity contribution is 5.79. The minimum atomic E-state index is 0.0878. The summed E-state index contributed by atoms with van der Waals surface area (Å²) in [6.45, 7) is 6.78. The molecule has 3 aromatic rings. The number of piperazine rings is 1. The summed E-state index contributed by atoms with van der Waals surface area (Å²) in [4.78, 5) is 37.2. The SMILES string of the molecule is Cc1nccn1-c1cc(N2CCC(C(=O)N3CCN(c4ccccn4)CC3)CC2)ncn1. The van der Waals surface area contributed by atoms with Crippen LogP contribution in [0, 0.1) is 12.8 Å². The van der Waals surface area contributed by atoms with Crippen molar-refractivity contribution in [3.05, 3.63) is 55.0 Å². The zero-order valence-electron chi connectivity index (χ0n) is 18.3. The van der Waals surface area contributed by atoms with E-state index in [2.05, 4.69) is 29.7 Å². The van der Waals surface area contributed by atoms with Gasteiger partial charge in [-0.15, -0.1) is 0 Å². The van der Waals surface area contributed by atoms with Crippen molar-refractivity contribution >= 4 is 17.5 Å². The molecule has 0 aliphatic carbocycles. The maximum Gasteiger partial charge on any atom is 0.225 e. The summed E-state index contributed by atoms with van der Waals surface area (Å²) < 4.78 is 1.95. The van der Waals surface area contributed by atoms with Crippen LogP contribution in [-0.2, 0) is 4.79 Å².